The standard InChI is InChI=1S/C25H26N2O5S/c1-31-22-17-27(26)25(24(28)32-2,23(22)33(29,30)19-13-7-4-8-14-19)21-16-10-9-15-20(21)18-11-5-3-6-12-18/h3-16,22-23H,17,26H2,1-2H3/t22-,23?,25-/m0/s1. The Morgan fingerprint density at radius 1 is 0.939 bits per heavy atom. The zero-order valence-corrected chi connectivity index (χ0v) is 19.2. The lowest BCUT2D eigenvalue weighted by Crippen LogP contribution is -2.60. The Kier molecular flexibility index (Phi) is 6.36. The molecule has 0 amide bonds. The first-order valence-electron chi connectivity index (χ1n) is 10.5. The summed E-state index contributed by atoms with van der Waals surface area (Å²) in [5.74, 6) is 5.72. The van der Waals surface area contributed by atoms with Crippen molar-refractivity contribution in [1.29, 1.82) is 0 Å². The smallest absolute Gasteiger partial charge is 0.333 e. The summed E-state index contributed by atoms with van der Waals surface area (Å²) in [6, 6.07) is 24.6. The Morgan fingerprint density at radius 2 is 1.52 bits per heavy atom. The van der Waals surface area contributed by atoms with Crippen LogP contribution in [0.25, 0.3) is 11.1 Å². The Labute approximate surface area is 193 Å². The summed E-state index contributed by atoms with van der Waals surface area (Å²) in [7, 11) is -1.44. The van der Waals surface area contributed by atoms with Gasteiger partial charge in [-0.3, -0.25) is 5.84 Å². The Hall–Kier alpha value is -3.04. The van der Waals surface area contributed by atoms with Crippen molar-refractivity contribution in [2.24, 2.45) is 5.84 Å². The van der Waals surface area contributed by atoms with Gasteiger partial charge < -0.3 is 9.47 Å². The molecule has 33 heavy (non-hydrogen) atoms. The first-order chi connectivity index (χ1) is 15.9. The van der Waals surface area contributed by atoms with Gasteiger partial charge in [-0.05, 0) is 28.8 Å². The van der Waals surface area contributed by atoms with E-state index in [1.165, 1.54) is 31.4 Å². The first-order valence-corrected chi connectivity index (χ1v) is 12.0. The average Bonchev–Trinajstić information content (AvgIpc) is 3.18. The van der Waals surface area contributed by atoms with Crippen LogP contribution in [0, 0.1) is 0 Å². The van der Waals surface area contributed by atoms with Crippen molar-refractivity contribution in [2.75, 3.05) is 20.8 Å². The molecule has 1 heterocycles. The lowest BCUT2D eigenvalue weighted by molar-refractivity contribution is -0.154. The van der Waals surface area contributed by atoms with Crippen molar-refractivity contribution >= 4 is 15.8 Å². The number of benzene rings is 3. The third-order valence-electron chi connectivity index (χ3n) is 6.21. The lowest BCUT2D eigenvalue weighted by Gasteiger charge is -2.38. The van der Waals surface area contributed by atoms with Gasteiger partial charge in [0.25, 0.3) is 0 Å². The van der Waals surface area contributed by atoms with Crippen LogP contribution in [0.5, 0.6) is 0 Å². The maximum atomic E-state index is 14.0. The van der Waals surface area contributed by atoms with Crippen molar-refractivity contribution < 1.29 is 22.7 Å². The van der Waals surface area contributed by atoms with Crippen LogP contribution < -0.4 is 5.84 Å². The number of nitrogens with two attached hydrogens (primary N) is 1. The summed E-state index contributed by atoms with van der Waals surface area (Å²) in [6.45, 7) is 0.0193. The summed E-state index contributed by atoms with van der Waals surface area (Å²) >= 11 is 0. The number of carbonyl (C=O) groups excluding carboxylic acids is 1. The van der Waals surface area contributed by atoms with Gasteiger partial charge in [-0.2, -0.15) is 0 Å². The number of hydrazine groups is 1. The molecule has 0 aromatic heterocycles. The maximum Gasteiger partial charge on any atom is 0.333 e. The van der Waals surface area contributed by atoms with Crippen molar-refractivity contribution in [3.63, 3.8) is 0 Å². The van der Waals surface area contributed by atoms with Gasteiger partial charge in [-0.15, -0.1) is 0 Å². The van der Waals surface area contributed by atoms with E-state index in [2.05, 4.69) is 0 Å². The zero-order chi connectivity index (χ0) is 23.6. The molecule has 172 valence electrons. The second kappa shape index (κ2) is 9.07. The van der Waals surface area contributed by atoms with E-state index in [1.54, 1.807) is 30.3 Å². The number of esters is 1. The van der Waals surface area contributed by atoms with E-state index in [-0.39, 0.29) is 11.4 Å². The van der Waals surface area contributed by atoms with Crippen molar-refractivity contribution in [3.8, 4) is 11.1 Å². The molecule has 0 radical (unpaired) electrons. The molecule has 1 fully saturated rings. The summed E-state index contributed by atoms with van der Waals surface area (Å²) in [6.07, 6.45) is -0.872. The molecular formula is C25H26N2O5S. The fraction of sp³-hybridized carbons (Fsp3) is 0.240. The molecule has 0 spiro atoms. The van der Waals surface area contributed by atoms with Gasteiger partial charge in [0.15, 0.2) is 15.4 Å². The Balaban J connectivity index is 2.06. The van der Waals surface area contributed by atoms with E-state index in [0.29, 0.717) is 11.1 Å². The number of hydrogen-bond donors (Lipinski definition) is 1. The quantitative estimate of drug-likeness (QED) is 0.441. The van der Waals surface area contributed by atoms with Crippen molar-refractivity contribution in [3.05, 3.63) is 90.5 Å². The van der Waals surface area contributed by atoms with Gasteiger partial charge in [-0.1, -0.05) is 72.8 Å². The number of carbonyl (C=O) groups is 1. The van der Waals surface area contributed by atoms with Crippen LogP contribution >= 0.6 is 0 Å². The number of methoxy groups -OCH3 is 2. The topological polar surface area (TPSA) is 98.9 Å². The van der Waals surface area contributed by atoms with E-state index in [9.17, 15) is 13.2 Å². The lowest BCUT2D eigenvalue weighted by atomic mass is 9.82. The monoisotopic (exact) mass is 466 g/mol. The Bertz CT molecular complexity index is 1230. The fourth-order valence-electron chi connectivity index (χ4n) is 4.74. The minimum Gasteiger partial charge on any atom is -0.467 e. The van der Waals surface area contributed by atoms with Gasteiger partial charge in [0.2, 0.25) is 0 Å². The molecule has 0 bridgehead atoms. The second-order valence-corrected chi connectivity index (χ2v) is 9.94. The summed E-state index contributed by atoms with van der Waals surface area (Å²) in [4.78, 5) is 13.7. The molecule has 0 saturated carbocycles. The number of sulfone groups is 1. The molecule has 8 heteroatoms. The highest BCUT2D eigenvalue weighted by Gasteiger charge is 2.66. The second-order valence-electron chi connectivity index (χ2n) is 7.87. The van der Waals surface area contributed by atoms with Crippen LogP contribution in [-0.4, -0.2) is 51.5 Å². The molecule has 4 rings (SSSR count). The summed E-state index contributed by atoms with van der Waals surface area (Å²) < 4.78 is 38.9. The van der Waals surface area contributed by atoms with Crippen LogP contribution in [0.2, 0.25) is 0 Å². The molecule has 1 saturated heterocycles. The molecule has 3 atom stereocenters. The predicted molar refractivity (Wildman–Crippen MR) is 125 cm³/mol. The average molecular weight is 467 g/mol. The summed E-state index contributed by atoms with van der Waals surface area (Å²) in [5.41, 5.74) is 0.108. The van der Waals surface area contributed by atoms with Gasteiger partial charge in [0.05, 0.1) is 18.1 Å². The zero-order valence-electron chi connectivity index (χ0n) is 18.4. The number of rotatable bonds is 6. The maximum absolute atomic E-state index is 14.0. The molecule has 3 aromatic carbocycles. The SMILES string of the molecule is COC(=O)[C@]1(c2ccccc2-c2ccccc2)C(S(=O)(=O)c2ccccc2)[C@@H](OC)CN1N. The number of nitrogens with zero attached hydrogens (tertiary/aromatic N) is 1. The van der Waals surface area contributed by atoms with Crippen LogP contribution in [0.3, 0.4) is 0 Å². The van der Waals surface area contributed by atoms with E-state index in [0.717, 1.165) is 5.56 Å². The molecular weight excluding hydrogens is 440 g/mol. The minimum absolute atomic E-state index is 0.0193. The van der Waals surface area contributed by atoms with E-state index >= 15 is 0 Å². The third kappa shape index (κ3) is 3.65. The van der Waals surface area contributed by atoms with Crippen LogP contribution in [0.4, 0.5) is 0 Å². The van der Waals surface area contributed by atoms with Crippen molar-refractivity contribution in [2.45, 2.75) is 21.8 Å². The highest BCUT2D eigenvalue weighted by Crippen LogP contribution is 2.47. The number of ether oxygens (including phenoxy) is 2. The normalized spacial score (nSPS) is 23.4. The van der Waals surface area contributed by atoms with Gasteiger partial charge in [0.1, 0.15) is 5.25 Å². The molecule has 2 N–H and O–H groups in total. The molecule has 7 nitrogen and oxygen atoms in total. The highest BCUT2D eigenvalue weighted by atomic mass is 32.2. The molecule has 1 aliphatic heterocycles. The van der Waals surface area contributed by atoms with Crippen LogP contribution in [-0.2, 0) is 29.6 Å². The molecule has 3 aromatic rings. The highest BCUT2D eigenvalue weighted by molar-refractivity contribution is 7.92. The Morgan fingerprint density at radius 3 is 2.12 bits per heavy atom. The van der Waals surface area contributed by atoms with Crippen LogP contribution in [0.1, 0.15) is 5.56 Å². The van der Waals surface area contributed by atoms with E-state index < -0.39 is 32.7 Å². The van der Waals surface area contributed by atoms with Crippen molar-refractivity contribution in [1.82, 2.24) is 5.01 Å². The predicted octanol–water partition coefficient (Wildman–Crippen LogP) is 2.77. The van der Waals surface area contributed by atoms with Gasteiger partial charge >= 0.3 is 5.97 Å². The van der Waals surface area contributed by atoms with E-state index in [4.69, 9.17) is 15.3 Å². The number of hydrogen-bond acceptors (Lipinski definition) is 7. The molecule has 1 unspecified atom stereocenters. The largest absolute Gasteiger partial charge is 0.467 e. The fourth-order valence-corrected chi connectivity index (χ4v) is 6.97. The third-order valence-corrected chi connectivity index (χ3v) is 8.45. The first kappa shape index (κ1) is 23.1. The minimum atomic E-state index is -4.09. The molecule has 0 aliphatic carbocycles. The van der Waals surface area contributed by atoms with Gasteiger partial charge in [-0.25, -0.2) is 18.2 Å². The van der Waals surface area contributed by atoms with Crippen LogP contribution in [0.15, 0.2) is 89.8 Å². The van der Waals surface area contributed by atoms with E-state index in [1.807, 2.05) is 42.5 Å². The van der Waals surface area contributed by atoms with Gasteiger partial charge in [0, 0.05) is 13.7 Å². The molecule has 1 aliphatic rings. The summed E-state index contributed by atoms with van der Waals surface area (Å²) in [5, 5.41) is -0.0976.